The Hall–Kier alpha value is -2.67. The van der Waals surface area contributed by atoms with Crippen molar-refractivity contribution in [1.82, 2.24) is 10.2 Å². The fraction of sp³-hybridized carbons (Fsp3) is 0.333. The molecule has 1 aliphatic heterocycles. The van der Waals surface area contributed by atoms with E-state index >= 15 is 0 Å². The average Bonchev–Trinajstić information content (AvgIpc) is 3.00. The largest absolute Gasteiger partial charge is 0.466 e. The first kappa shape index (κ1) is 17.2. The third-order valence-electron chi connectivity index (χ3n) is 4.47. The Morgan fingerprint density at radius 1 is 1.32 bits per heavy atom. The van der Waals surface area contributed by atoms with Crippen molar-refractivity contribution in [2.75, 3.05) is 6.54 Å². The maximum absolute atomic E-state index is 13.8. The van der Waals surface area contributed by atoms with E-state index in [1.165, 1.54) is 18.2 Å². The number of amides is 3. The summed E-state index contributed by atoms with van der Waals surface area (Å²) in [4.78, 5) is 26.1. The van der Waals surface area contributed by atoms with E-state index in [4.69, 9.17) is 4.42 Å². The van der Waals surface area contributed by atoms with Crippen molar-refractivity contribution >= 4 is 11.9 Å². The molecule has 2 N–H and O–H groups in total. The molecule has 25 heavy (non-hydrogen) atoms. The van der Waals surface area contributed by atoms with Gasteiger partial charge in [-0.25, -0.2) is 9.18 Å². The van der Waals surface area contributed by atoms with Gasteiger partial charge in [0.2, 0.25) is 0 Å². The maximum atomic E-state index is 13.8. The number of imide groups is 1. The Morgan fingerprint density at radius 3 is 2.60 bits per heavy atom. The number of aryl methyl sites for hydroxylation is 2. The van der Waals surface area contributed by atoms with Crippen molar-refractivity contribution in [2.45, 2.75) is 32.4 Å². The molecule has 0 radical (unpaired) electrons. The van der Waals surface area contributed by atoms with Crippen molar-refractivity contribution in [3.05, 3.63) is 58.8 Å². The molecule has 0 spiro atoms. The molecule has 2 unspecified atom stereocenters. The average molecular weight is 346 g/mol. The third-order valence-corrected chi connectivity index (χ3v) is 4.47. The third kappa shape index (κ3) is 2.80. The van der Waals surface area contributed by atoms with Gasteiger partial charge in [0.15, 0.2) is 0 Å². The number of aliphatic hydroxyl groups excluding tert-OH is 1. The maximum Gasteiger partial charge on any atom is 0.325 e. The second-order valence-electron chi connectivity index (χ2n) is 6.34. The number of rotatable bonds is 4. The molecule has 2 heterocycles. The number of furan rings is 1. The number of halogens is 1. The zero-order chi connectivity index (χ0) is 18.4. The molecule has 1 aliphatic rings. The van der Waals surface area contributed by atoms with E-state index in [0.717, 1.165) is 4.90 Å². The Kier molecular flexibility index (Phi) is 4.12. The lowest BCUT2D eigenvalue weighted by atomic mass is 9.92. The number of hydrogen-bond donors (Lipinski definition) is 2. The summed E-state index contributed by atoms with van der Waals surface area (Å²) in [5.41, 5.74) is -0.688. The van der Waals surface area contributed by atoms with Crippen LogP contribution >= 0.6 is 0 Å². The molecule has 2 aromatic rings. The van der Waals surface area contributed by atoms with E-state index in [-0.39, 0.29) is 12.1 Å². The lowest BCUT2D eigenvalue weighted by Crippen LogP contribution is -2.41. The molecule has 1 aromatic heterocycles. The van der Waals surface area contributed by atoms with Crippen LogP contribution in [0.3, 0.4) is 0 Å². The summed E-state index contributed by atoms with van der Waals surface area (Å²) in [6, 6.07) is 6.77. The smallest absolute Gasteiger partial charge is 0.325 e. The number of benzene rings is 1. The monoisotopic (exact) mass is 346 g/mol. The lowest BCUT2D eigenvalue weighted by Gasteiger charge is -2.22. The van der Waals surface area contributed by atoms with Crippen LogP contribution in [0.2, 0.25) is 0 Å². The topological polar surface area (TPSA) is 82.8 Å². The van der Waals surface area contributed by atoms with E-state index in [9.17, 15) is 19.1 Å². The van der Waals surface area contributed by atoms with Crippen LogP contribution in [0.1, 0.15) is 35.7 Å². The predicted molar refractivity (Wildman–Crippen MR) is 87.1 cm³/mol. The second kappa shape index (κ2) is 6.00. The number of carbonyl (C=O) groups is 2. The van der Waals surface area contributed by atoms with E-state index in [1.807, 2.05) is 0 Å². The van der Waals surface area contributed by atoms with E-state index in [2.05, 4.69) is 5.32 Å². The van der Waals surface area contributed by atoms with Gasteiger partial charge in [0.05, 0.1) is 12.6 Å². The van der Waals surface area contributed by atoms with E-state index in [1.54, 1.807) is 32.9 Å². The van der Waals surface area contributed by atoms with Gasteiger partial charge in [-0.05, 0) is 32.9 Å². The van der Waals surface area contributed by atoms with Gasteiger partial charge in [-0.3, -0.25) is 9.69 Å². The molecule has 7 heteroatoms. The summed E-state index contributed by atoms with van der Waals surface area (Å²) in [5, 5.41) is 12.9. The van der Waals surface area contributed by atoms with Gasteiger partial charge in [0, 0.05) is 11.1 Å². The minimum absolute atomic E-state index is 0.0343. The first-order valence-electron chi connectivity index (χ1n) is 7.88. The fourth-order valence-electron chi connectivity index (χ4n) is 3.19. The standard InChI is InChI=1S/C18H19FN2O4/c1-10-8-13(11(2)25-10)18(3)16(23)21(17(24)20-18)9-15(22)12-6-4-5-7-14(12)19/h4-8,15,22H,9H2,1-3H3,(H,20,24). The van der Waals surface area contributed by atoms with Gasteiger partial charge in [-0.2, -0.15) is 0 Å². The highest BCUT2D eigenvalue weighted by Gasteiger charge is 2.51. The number of nitrogens with one attached hydrogen (secondary N) is 1. The minimum atomic E-state index is -1.31. The molecule has 0 saturated carbocycles. The number of urea groups is 1. The van der Waals surface area contributed by atoms with Crippen molar-refractivity contribution in [3.63, 3.8) is 0 Å². The molecule has 6 nitrogen and oxygen atoms in total. The highest BCUT2D eigenvalue weighted by Crippen LogP contribution is 2.33. The molecule has 3 rings (SSSR count). The highest BCUT2D eigenvalue weighted by molar-refractivity contribution is 6.07. The van der Waals surface area contributed by atoms with Crippen LogP contribution in [0, 0.1) is 19.7 Å². The molecule has 0 aliphatic carbocycles. The van der Waals surface area contributed by atoms with Gasteiger partial charge in [0.1, 0.15) is 22.9 Å². The molecule has 1 fully saturated rings. The SMILES string of the molecule is Cc1cc(C2(C)NC(=O)N(CC(O)c3ccccc3F)C2=O)c(C)o1. The van der Waals surface area contributed by atoms with Crippen molar-refractivity contribution in [2.24, 2.45) is 0 Å². The molecule has 3 amide bonds. The quantitative estimate of drug-likeness (QED) is 0.834. The summed E-state index contributed by atoms with van der Waals surface area (Å²) in [5.74, 6) is 0.0497. The number of carbonyl (C=O) groups excluding carboxylic acids is 2. The zero-order valence-corrected chi connectivity index (χ0v) is 14.2. The van der Waals surface area contributed by atoms with Crippen LogP contribution in [0.25, 0.3) is 0 Å². The summed E-state index contributed by atoms with van der Waals surface area (Å²) in [7, 11) is 0. The van der Waals surface area contributed by atoms with E-state index in [0.29, 0.717) is 17.1 Å². The minimum Gasteiger partial charge on any atom is -0.466 e. The molecule has 2 atom stereocenters. The number of aliphatic hydroxyl groups is 1. The Balaban J connectivity index is 1.87. The first-order chi connectivity index (χ1) is 11.7. The zero-order valence-electron chi connectivity index (χ0n) is 14.2. The summed E-state index contributed by atoms with van der Waals surface area (Å²) in [6.07, 6.45) is -1.31. The molecule has 0 bridgehead atoms. The van der Waals surface area contributed by atoms with Crippen molar-refractivity contribution in [3.8, 4) is 0 Å². The highest BCUT2D eigenvalue weighted by atomic mass is 19.1. The van der Waals surface area contributed by atoms with Crippen LogP contribution in [0.4, 0.5) is 9.18 Å². The summed E-state index contributed by atoms with van der Waals surface area (Å²) < 4.78 is 19.3. The number of hydrogen-bond acceptors (Lipinski definition) is 4. The summed E-state index contributed by atoms with van der Waals surface area (Å²) in [6.45, 7) is 4.71. The van der Waals surface area contributed by atoms with Gasteiger partial charge in [0.25, 0.3) is 5.91 Å². The van der Waals surface area contributed by atoms with E-state index < -0.39 is 29.4 Å². The predicted octanol–water partition coefficient (Wildman–Crippen LogP) is 2.54. The van der Waals surface area contributed by atoms with Crippen LogP contribution in [0.15, 0.2) is 34.7 Å². The first-order valence-corrected chi connectivity index (χ1v) is 7.88. The Labute approximate surface area is 144 Å². The molecular formula is C18H19FN2O4. The second-order valence-corrected chi connectivity index (χ2v) is 6.34. The van der Waals surface area contributed by atoms with Crippen LogP contribution in [0.5, 0.6) is 0 Å². The molecular weight excluding hydrogens is 327 g/mol. The van der Waals surface area contributed by atoms with Crippen molar-refractivity contribution in [1.29, 1.82) is 0 Å². The molecule has 132 valence electrons. The normalized spacial score (nSPS) is 21.6. The molecule has 1 aromatic carbocycles. The van der Waals surface area contributed by atoms with Gasteiger partial charge in [-0.1, -0.05) is 18.2 Å². The Bertz CT molecular complexity index is 847. The van der Waals surface area contributed by atoms with Crippen molar-refractivity contribution < 1.29 is 23.5 Å². The number of nitrogens with zero attached hydrogens (tertiary/aromatic N) is 1. The van der Waals surface area contributed by atoms with Gasteiger partial charge < -0.3 is 14.8 Å². The Morgan fingerprint density at radius 2 is 2.00 bits per heavy atom. The summed E-state index contributed by atoms with van der Waals surface area (Å²) >= 11 is 0. The molecule has 1 saturated heterocycles. The van der Waals surface area contributed by atoms with Crippen LogP contribution in [-0.4, -0.2) is 28.5 Å². The number of β-amino-alcohol motifs (C(OH)–C–C–N with tert-alkyl or cyclic N) is 1. The van der Waals surface area contributed by atoms with Crippen LogP contribution < -0.4 is 5.32 Å². The lowest BCUT2D eigenvalue weighted by molar-refractivity contribution is -0.132. The fourth-order valence-corrected chi connectivity index (χ4v) is 3.19. The van der Waals surface area contributed by atoms with Crippen LogP contribution in [-0.2, 0) is 10.3 Å². The van der Waals surface area contributed by atoms with Gasteiger partial charge >= 0.3 is 6.03 Å². The van der Waals surface area contributed by atoms with Gasteiger partial charge in [-0.15, -0.1) is 0 Å².